The quantitative estimate of drug-likeness (QED) is 0.519. The molecule has 0 fully saturated rings. The molecule has 2 aromatic carbocycles. The second kappa shape index (κ2) is 7.75. The number of carbonyl (C=O) groups is 1. The molecule has 0 saturated carbocycles. The number of nitrogens with zero attached hydrogens (tertiary/aromatic N) is 3. The molecule has 1 N–H and O–H groups in total. The Labute approximate surface area is 152 Å². The van der Waals surface area contributed by atoms with E-state index in [1.807, 2.05) is 30.3 Å². The number of aromatic nitrogens is 2. The second-order valence-corrected chi connectivity index (χ2v) is 5.76. The largest absolute Gasteiger partial charge is 0.339 e. The molecule has 0 unspecified atom stereocenters. The van der Waals surface area contributed by atoms with Crippen molar-refractivity contribution in [2.45, 2.75) is 12.8 Å². The topological polar surface area (TPSA) is 111 Å². The summed E-state index contributed by atoms with van der Waals surface area (Å²) in [6.07, 6.45) is 0.341. The van der Waals surface area contributed by atoms with Crippen LogP contribution in [-0.2, 0) is 11.2 Å². The lowest BCUT2D eigenvalue weighted by Crippen LogP contribution is -2.12. The Morgan fingerprint density at radius 2 is 2.00 bits per heavy atom. The van der Waals surface area contributed by atoms with Crippen molar-refractivity contribution in [1.29, 1.82) is 0 Å². The van der Waals surface area contributed by atoms with E-state index in [9.17, 15) is 14.9 Å². The van der Waals surface area contributed by atoms with Gasteiger partial charge in [0.2, 0.25) is 17.6 Å². The zero-order chi connectivity index (χ0) is 18.5. The van der Waals surface area contributed by atoms with Crippen molar-refractivity contribution >= 4 is 28.9 Å². The molecule has 8 nitrogen and oxygen atoms in total. The first-order valence-electron chi connectivity index (χ1n) is 7.65. The number of aryl methyl sites for hydroxylation is 1. The lowest BCUT2D eigenvalue weighted by molar-refractivity contribution is -0.384. The van der Waals surface area contributed by atoms with Gasteiger partial charge >= 0.3 is 0 Å². The number of hydrogen-bond acceptors (Lipinski definition) is 6. The lowest BCUT2D eigenvalue weighted by atomic mass is 10.2. The van der Waals surface area contributed by atoms with E-state index in [2.05, 4.69) is 15.5 Å². The zero-order valence-electron chi connectivity index (χ0n) is 13.4. The Bertz CT molecular complexity index is 943. The third kappa shape index (κ3) is 4.22. The van der Waals surface area contributed by atoms with Gasteiger partial charge in [0.1, 0.15) is 5.02 Å². The summed E-state index contributed by atoms with van der Waals surface area (Å²) in [7, 11) is 0. The Morgan fingerprint density at radius 1 is 1.23 bits per heavy atom. The molecule has 0 aliphatic carbocycles. The van der Waals surface area contributed by atoms with Crippen LogP contribution in [0.2, 0.25) is 5.02 Å². The van der Waals surface area contributed by atoms with Gasteiger partial charge in [-0.2, -0.15) is 4.98 Å². The molecule has 1 aromatic heterocycles. The monoisotopic (exact) mass is 372 g/mol. The number of rotatable bonds is 6. The Hall–Kier alpha value is -3.26. The van der Waals surface area contributed by atoms with Gasteiger partial charge < -0.3 is 9.84 Å². The van der Waals surface area contributed by atoms with Gasteiger partial charge in [-0.1, -0.05) is 47.1 Å². The number of hydrogen-bond donors (Lipinski definition) is 1. The third-order valence-electron chi connectivity index (χ3n) is 3.49. The van der Waals surface area contributed by atoms with E-state index in [-0.39, 0.29) is 29.5 Å². The normalized spacial score (nSPS) is 10.5. The van der Waals surface area contributed by atoms with Gasteiger partial charge in [-0.05, 0) is 12.1 Å². The number of anilines is 1. The first-order chi connectivity index (χ1) is 12.5. The van der Waals surface area contributed by atoms with Crippen molar-refractivity contribution in [3.8, 4) is 11.4 Å². The summed E-state index contributed by atoms with van der Waals surface area (Å²) in [5, 5.41) is 17.3. The van der Waals surface area contributed by atoms with E-state index in [1.54, 1.807) is 0 Å². The van der Waals surface area contributed by atoms with Crippen molar-refractivity contribution in [2.75, 3.05) is 5.32 Å². The fourth-order valence-corrected chi connectivity index (χ4v) is 2.42. The summed E-state index contributed by atoms with van der Waals surface area (Å²) in [6, 6.07) is 13.4. The van der Waals surface area contributed by atoms with E-state index >= 15 is 0 Å². The van der Waals surface area contributed by atoms with Crippen LogP contribution in [0.4, 0.5) is 11.4 Å². The summed E-state index contributed by atoms with van der Waals surface area (Å²) in [6.45, 7) is 0. The number of amides is 1. The highest BCUT2D eigenvalue weighted by Gasteiger charge is 2.15. The highest BCUT2D eigenvalue weighted by Crippen LogP contribution is 2.27. The number of benzene rings is 2. The van der Waals surface area contributed by atoms with Gasteiger partial charge in [-0.3, -0.25) is 14.9 Å². The maximum absolute atomic E-state index is 12.0. The predicted molar refractivity (Wildman–Crippen MR) is 94.8 cm³/mol. The van der Waals surface area contributed by atoms with Gasteiger partial charge in [0.25, 0.3) is 5.69 Å². The van der Waals surface area contributed by atoms with Gasteiger partial charge in [-0.15, -0.1) is 0 Å². The lowest BCUT2D eigenvalue weighted by Gasteiger charge is -2.04. The molecule has 1 amide bonds. The number of halogens is 1. The summed E-state index contributed by atoms with van der Waals surface area (Å²) < 4.78 is 5.14. The van der Waals surface area contributed by atoms with Crippen molar-refractivity contribution in [1.82, 2.24) is 10.1 Å². The standard InChI is InChI=1S/C17H13ClN4O4/c18-13-7-6-12(10-14(13)22(24)25)19-15(23)8-9-16-20-17(21-26-16)11-4-2-1-3-5-11/h1-7,10H,8-9H2,(H,19,23). The molecule has 3 rings (SSSR count). The van der Waals surface area contributed by atoms with Crippen LogP contribution in [-0.4, -0.2) is 21.0 Å². The Balaban J connectivity index is 1.59. The van der Waals surface area contributed by atoms with Gasteiger partial charge in [-0.25, -0.2) is 0 Å². The van der Waals surface area contributed by atoms with E-state index in [0.29, 0.717) is 17.4 Å². The van der Waals surface area contributed by atoms with E-state index < -0.39 is 4.92 Å². The number of nitro benzene ring substituents is 1. The summed E-state index contributed by atoms with van der Waals surface area (Å²) >= 11 is 5.74. The maximum Gasteiger partial charge on any atom is 0.289 e. The number of nitrogens with one attached hydrogen (secondary N) is 1. The molecule has 0 saturated heterocycles. The molecule has 26 heavy (non-hydrogen) atoms. The molecule has 0 radical (unpaired) electrons. The number of carbonyl (C=O) groups excluding carboxylic acids is 1. The van der Waals surface area contributed by atoms with E-state index in [1.165, 1.54) is 18.2 Å². The first-order valence-corrected chi connectivity index (χ1v) is 8.02. The predicted octanol–water partition coefficient (Wildman–Crippen LogP) is 3.87. The maximum atomic E-state index is 12.0. The molecule has 0 spiro atoms. The molecule has 0 aliphatic rings. The summed E-state index contributed by atoms with van der Waals surface area (Å²) in [5.74, 6) is 0.455. The Kier molecular flexibility index (Phi) is 5.23. The van der Waals surface area contributed by atoms with Gasteiger partial charge in [0.05, 0.1) is 4.92 Å². The molecular weight excluding hydrogens is 360 g/mol. The van der Waals surface area contributed by atoms with Crippen LogP contribution in [0.25, 0.3) is 11.4 Å². The van der Waals surface area contributed by atoms with Gasteiger partial charge in [0.15, 0.2) is 0 Å². The number of nitro groups is 1. The summed E-state index contributed by atoms with van der Waals surface area (Å²) in [4.78, 5) is 26.5. The summed E-state index contributed by atoms with van der Waals surface area (Å²) in [5.41, 5.74) is 0.843. The SMILES string of the molecule is O=C(CCc1nc(-c2ccccc2)no1)Nc1ccc(Cl)c([N+](=O)[O-])c1. The van der Waals surface area contributed by atoms with Crippen LogP contribution in [0.3, 0.4) is 0 Å². The minimum atomic E-state index is -0.610. The van der Waals surface area contributed by atoms with Crippen LogP contribution in [0.1, 0.15) is 12.3 Å². The molecule has 9 heteroatoms. The van der Waals surface area contributed by atoms with Crippen molar-refractivity contribution in [3.63, 3.8) is 0 Å². The highest BCUT2D eigenvalue weighted by atomic mass is 35.5. The second-order valence-electron chi connectivity index (χ2n) is 5.35. The van der Waals surface area contributed by atoms with Crippen LogP contribution in [0.15, 0.2) is 53.1 Å². The molecule has 1 heterocycles. The van der Waals surface area contributed by atoms with Crippen molar-refractivity contribution in [2.24, 2.45) is 0 Å². The smallest absolute Gasteiger partial charge is 0.289 e. The van der Waals surface area contributed by atoms with Crippen LogP contribution < -0.4 is 5.32 Å². The van der Waals surface area contributed by atoms with Crippen LogP contribution in [0, 0.1) is 10.1 Å². The average Bonchev–Trinajstić information content (AvgIpc) is 3.11. The van der Waals surface area contributed by atoms with Crippen molar-refractivity contribution < 1.29 is 14.2 Å². The first kappa shape index (κ1) is 17.6. The zero-order valence-corrected chi connectivity index (χ0v) is 14.1. The molecule has 0 bridgehead atoms. The molecule has 3 aromatic rings. The molecule has 0 atom stereocenters. The molecule has 132 valence electrons. The fourth-order valence-electron chi connectivity index (χ4n) is 2.24. The minimum Gasteiger partial charge on any atom is -0.339 e. The van der Waals surface area contributed by atoms with E-state index in [0.717, 1.165) is 5.56 Å². The van der Waals surface area contributed by atoms with Gasteiger partial charge in [0, 0.05) is 30.2 Å². The third-order valence-corrected chi connectivity index (χ3v) is 3.81. The van der Waals surface area contributed by atoms with E-state index in [4.69, 9.17) is 16.1 Å². The average molecular weight is 373 g/mol. The van der Waals surface area contributed by atoms with Crippen molar-refractivity contribution in [3.05, 3.63) is 69.6 Å². The minimum absolute atomic E-state index is 0.00676. The molecule has 0 aliphatic heterocycles. The Morgan fingerprint density at radius 3 is 2.73 bits per heavy atom. The van der Waals surface area contributed by atoms with Crippen LogP contribution >= 0.6 is 11.6 Å². The van der Waals surface area contributed by atoms with Crippen LogP contribution in [0.5, 0.6) is 0 Å². The highest BCUT2D eigenvalue weighted by molar-refractivity contribution is 6.32. The fraction of sp³-hybridized carbons (Fsp3) is 0.118. The molecular formula is C17H13ClN4O4.